The zero-order valence-electron chi connectivity index (χ0n) is 19.0. The summed E-state index contributed by atoms with van der Waals surface area (Å²) in [6.45, 7) is 5.11. The molecule has 0 fully saturated rings. The van der Waals surface area contributed by atoms with Gasteiger partial charge in [-0.05, 0) is 38.6 Å². The molecule has 5 nitrogen and oxygen atoms in total. The van der Waals surface area contributed by atoms with Crippen LogP contribution in [0.5, 0.6) is 0 Å². The molecule has 0 aromatic carbocycles. The number of aliphatic hydroxyl groups excluding tert-OH is 1. The van der Waals surface area contributed by atoms with Gasteiger partial charge in [-0.1, -0.05) is 76.9 Å². The number of carboxylic acids is 1. The van der Waals surface area contributed by atoms with Gasteiger partial charge in [-0.25, -0.2) is 0 Å². The molecule has 0 amide bonds. The molecule has 0 saturated carbocycles. The van der Waals surface area contributed by atoms with Crippen LogP contribution in [0.2, 0.25) is 0 Å². The Morgan fingerprint density at radius 3 is 1.87 bits per heavy atom. The van der Waals surface area contributed by atoms with Crippen LogP contribution in [-0.2, 0) is 4.79 Å². The van der Waals surface area contributed by atoms with Gasteiger partial charge in [-0.3, -0.25) is 9.69 Å². The first-order valence-electron chi connectivity index (χ1n) is 12.1. The van der Waals surface area contributed by atoms with E-state index in [2.05, 4.69) is 24.4 Å². The van der Waals surface area contributed by atoms with E-state index in [4.69, 9.17) is 10.2 Å². The van der Waals surface area contributed by atoms with Gasteiger partial charge in [0.1, 0.15) is 0 Å². The Balaban J connectivity index is 0. The summed E-state index contributed by atoms with van der Waals surface area (Å²) >= 11 is 0. The number of carbonyl (C=O) groups is 1. The number of carboxylic acid groups (broad SMARTS) is 1. The number of allylic oxidation sites excluding steroid dienone is 2. The van der Waals surface area contributed by atoms with Gasteiger partial charge in [-0.15, -0.1) is 0 Å². The van der Waals surface area contributed by atoms with Crippen molar-refractivity contribution in [2.24, 2.45) is 0 Å². The van der Waals surface area contributed by atoms with Gasteiger partial charge in [-0.2, -0.15) is 0 Å². The molecule has 3 N–H and O–H groups in total. The van der Waals surface area contributed by atoms with E-state index in [1.54, 1.807) is 4.90 Å². The number of aliphatic carboxylic acids is 1. The fourth-order valence-corrected chi connectivity index (χ4v) is 3.46. The number of rotatable bonds is 23. The fourth-order valence-electron chi connectivity index (χ4n) is 3.46. The third-order valence-electron chi connectivity index (χ3n) is 5.25. The van der Waals surface area contributed by atoms with Crippen molar-refractivity contribution in [2.45, 2.75) is 96.8 Å². The van der Waals surface area contributed by atoms with Crippen molar-refractivity contribution in [3.05, 3.63) is 12.2 Å². The molecule has 0 atom stereocenters. The molecule has 0 rings (SSSR count). The van der Waals surface area contributed by atoms with E-state index in [1.165, 1.54) is 89.9 Å². The minimum atomic E-state index is -0.841. The molecule has 0 aliphatic heterocycles. The summed E-state index contributed by atoms with van der Waals surface area (Å²) in [5.74, 6) is -0.841. The number of unbranched alkanes of at least 4 members (excludes halogenated alkanes) is 12. The average Bonchev–Trinajstić information content (AvgIpc) is 2.69. The van der Waals surface area contributed by atoms with Crippen molar-refractivity contribution in [1.29, 1.82) is 0 Å². The van der Waals surface area contributed by atoms with Gasteiger partial charge in [0, 0.05) is 19.6 Å². The first-order chi connectivity index (χ1) is 14.2. The van der Waals surface area contributed by atoms with Crippen molar-refractivity contribution in [2.75, 3.05) is 39.3 Å². The fraction of sp³-hybridized carbons (Fsp3) is 0.875. The Bertz CT molecular complexity index is 381. The van der Waals surface area contributed by atoms with Crippen molar-refractivity contribution >= 4 is 57.4 Å². The van der Waals surface area contributed by atoms with Crippen LogP contribution in [0.25, 0.3) is 0 Å². The van der Waals surface area contributed by atoms with E-state index in [1.807, 2.05) is 0 Å². The molecule has 0 aliphatic carbocycles. The Kier molecular flexibility index (Phi) is 30.4. The summed E-state index contributed by atoms with van der Waals surface area (Å²) in [6, 6.07) is 0. The molecule has 0 saturated heterocycles. The van der Waals surface area contributed by atoms with Gasteiger partial charge in [0.05, 0.1) is 13.2 Å². The molecule has 0 radical (unpaired) electrons. The third-order valence-corrected chi connectivity index (χ3v) is 5.25. The van der Waals surface area contributed by atoms with E-state index in [0.29, 0.717) is 13.1 Å². The zero-order valence-corrected chi connectivity index (χ0v) is 19.0. The Morgan fingerprint density at radius 1 is 0.800 bits per heavy atom. The van der Waals surface area contributed by atoms with Crippen LogP contribution >= 0.6 is 0 Å². The Morgan fingerprint density at radius 2 is 1.33 bits per heavy atom. The van der Waals surface area contributed by atoms with E-state index in [0.717, 1.165) is 13.1 Å². The molecule has 0 aliphatic rings. The van der Waals surface area contributed by atoms with E-state index < -0.39 is 5.97 Å². The second-order valence-electron chi connectivity index (χ2n) is 8.08. The van der Waals surface area contributed by atoms with E-state index >= 15 is 0 Å². The first-order valence-corrected chi connectivity index (χ1v) is 12.1. The van der Waals surface area contributed by atoms with Crippen LogP contribution in [0.4, 0.5) is 0 Å². The third kappa shape index (κ3) is 26.8. The quantitative estimate of drug-likeness (QED) is 0.122. The summed E-state index contributed by atoms with van der Waals surface area (Å²) in [6.07, 6.45) is 23.3. The van der Waals surface area contributed by atoms with Crippen LogP contribution in [0.1, 0.15) is 96.8 Å². The normalized spacial score (nSPS) is 11.3. The van der Waals surface area contributed by atoms with Gasteiger partial charge < -0.3 is 15.5 Å². The van der Waals surface area contributed by atoms with Crippen LogP contribution in [0.15, 0.2) is 12.2 Å². The van der Waals surface area contributed by atoms with E-state index in [-0.39, 0.29) is 64.5 Å². The molecular formula is C24H49KN2O3. The summed E-state index contributed by atoms with van der Waals surface area (Å²) < 4.78 is 0. The molecular weight excluding hydrogens is 403 g/mol. The van der Waals surface area contributed by atoms with Gasteiger partial charge >= 0.3 is 57.4 Å². The van der Waals surface area contributed by atoms with Crippen molar-refractivity contribution in [1.82, 2.24) is 10.2 Å². The predicted octanol–water partition coefficient (Wildman–Crippen LogP) is 4.34. The first kappa shape index (κ1) is 32.9. The van der Waals surface area contributed by atoms with E-state index in [9.17, 15) is 4.79 Å². The molecule has 174 valence electrons. The van der Waals surface area contributed by atoms with Gasteiger partial charge in [0.2, 0.25) is 0 Å². The summed E-state index contributed by atoms with van der Waals surface area (Å²) in [5, 5.41) is 21.1. The SMILES string of the molecule is CCCCCCCC/C=C\CCCCCCCCNCCN(CCO)CC(=O)O.[KH]. The average molecular weight is 453 g/mol. The predicted molar refractivity (Wildman–Crippen MR) is 131 cm³/mol. The number of aliphatic hydroxyl groups is 1. The maximum absolute atomic E-state index is 10.7. The van der Waals surface area contributed by atoms with Crippen LogP contribution in [0, 0.1) is 0 Å². The summed E-state index contributed by atoms with van der Waals surface area (Å²) in [5.41, 5.74) is 0. The minimum absolute atomic E-state index is 0. The molecule has 6 heteroatoms. The second-order valence-corrected chi connectivity index (χ2v) is 8.08. The molecule has 0 spiro atoms. The monoisotopic (exact) mass is 452 g/mol. The topological polar surface area (TPSA) is 72.8 Å². The van der Waals surface area contributed by atoms with Crippen molar-refractivity contribution in [3.8, 4) is 0 Å². The summed E-state index contributed by atoms with van der Waals surface area (Å²) in [4.78, 5) is 12.5. The van der Waals surface area contributed by atoms with Crippen LogP contribution in [-0.4, -0.2) is 112 Å². The molecule has 0 aromatic heterocycles. The Hall–Kier alpha value is 0.726. The number of hydrogen-bond donors (Lipinski definition) is 3. The van der Waals surface area contributed by atoms with Gasteiger partial charge in [0.25, 0.3) is 0 Å². The zero-order chi connectivity index (χ0) is 21.4. The van der Waals surface area contributed by atoms with Crippen LogP contribution in [0.3, 0.4) is 0 Å². The number of nitrogens with one attached hydrogen (secondary N) is 1. The standard InChI is InChI=1S/C24H48N2O3.K.H/c1-2-3-4-5-6-7-8-9-10-11-12-13-14-15-16-17-18-25-19-20-26(21-22-27)23-24(28)29;;/h9-10,25,27H,2-8,11-23H2,1H3,(H,28,29);;/b10-9-;;. The Labute approximate surface area is 228 Å². The second kappa shape index (κ2) is 27.8. The maximum atomic E-state index is 10.7. The molecule has 0 aromatic rings. The number of hydrogen-bond acceptors (Lipinski definition) is 4. The van der Waals surface area contributed by atoms with Crippen molar-refractivity contribution in [3.63, 3.8) is 0 Å². The summed E-state index contributed by atoms with van der Waals surface area (Å²) in [7, 11) is 0. The molecule has 0 heterocycles. The molecule has 30 heavy (non-hydrogen) atoms. The number of nitrogens with zero attached hydrogens (tertiary/aromatic N) is 1. The molecule has 0 bridgehead atoms. The van der Waals surface area contributed by atoms with Crippen LogP contribution < -0.4 is 5.32 Å². The molecule has 0 unspecified atom stereocenters. The van der Waals surface area contributed by atoms with Gasteiger partial charge in [0.15, 0.2) is 0 Å². The van der Waals surface area contributed by atoms with Crippen molar-refractivity contribution < 1.29 is 15.0 Å².